The van der Waals surface area contributed by atoms with Crippen molar-refractivity contribution in [3.63, 3.8) is 0 Å². The van der Waals surface area contributed by atoms with E-state index in [1.54, 1.807) is 0 Å². The summed E-state index contributed by atoms with van der Waals surface area (Å²) in [6.45, 7) is 3.78. The molecule has 0 spiro atoms. The quantitative estimate of drug-likeness (QED) is 0.0233. The van der Waals surface area contributed by atoms with E-state index in [1.807, 2.05) is 0 Å². The average Bonchev–Trinajstić information content (AvgIpc) is 3.23. The molecule has 0 fully saturated rings. The van der Waals surface area contributed by atoms with Gasteiger partial charge in [0.1, 0.15) is 12.1 Å². The Morgan fingerprint density at radius 1 is 0.550 bits per heavy atom. The van der Waals surface area contributed by atoms with E-state index in [4.69, 9.17) is 29.4 Å². The molecular formula is C49H92NO9P. The first kappa shape index (κ1) is 58.2. The largest absolute Gasteiger partial charge is 0.480 e. The number of carboxylic acid groups (broad SMARTS) is 1. The van der Waals surface area contributed by atoms with Crippen LogP contribution < -0.4 is 5.73 Å². The Morgan fingerprint density at radius 3 is 1.45 bits per heavy atom. The summed E-state index contributed by atoms with van der Waals surface area (Å²) in [6.07, 6.45) is 52.1. The van der Waals surface area contributed by atoms with Gasteiger partial charge in [0.15, 0.2) is 0 Å². The third kappa shape index (κ3) is 44.3. The normalized spacial score (nSPS) is 14.1. The van der Waals surface area contributed by atoms with Gasteiger partial charge in [0, 0.05) is 13.0 Å². The molecule has 0 aromatic heterocycles. The number of carbonyl (C=O) groups is 2. The molecule has 0 aliphatic carbocycles. The van der Waals surface area contributed by atoms with Crippen LogP contribution in [0.15, 0.2) is 36.5 Å². The fraction of sp³-hybridized carbons (Fsp3) is 0.837. The SMILES string of the molecule is CC/C=C\C/C=C\C/C=C\CCCCCCCC(=O)OC(COCCCCCCCCCCCCCCCCCCCCCCCCC)COP(=O)(O)OCC(N)C(=O)O. The van der Waals surface area contributed by atoms with Crippen molar-refractivity contribution < 1.29 is 42.7 Å². The number of aliphatic carboxylic acids is 1. The molecule has 0 aliphatic rings. The molecule has 0 rings (SSSR count). The van der Waals surface area contributed by atoms with E-state index in [-0.39, 0.29) is 13.0 Å². The molecule has 0 saturated heterocycles. The molecule has 0 bridgehead atoms. The predicted molar refractivity (Wildman–Crippen MR) is 249 cm³/mol. The molecule has 0 saturated carbocycles. The van der Waals surface area contributed by atoms with Crippen LogP contribution in [0.25, 0.3) is 0 Å². The zero-order chi connectivity index (χ0) is 44.0. The monoisotopic (exact) mass is 870 g/mol. The van der Waals surface area contributed by atoms with Gasteiger partial charge in [0.25, 0.3) is 0 Å². The summed E-state index contributed by atoms with van der Waals surface area (Å²) in [5, 5.41) is 8.91. The summed E-state index contributed by atoms with van der Waals surface area (Å²) < 4.78 is 33.4. The number of hydrogen-bond donors (Lipinski definition) is 3. The van der Waals surface area contributed by atoms with E-state index >= 15 is 0 Å². The zero-order valence-electron chi connectivity index (χ0n) is 38.6. The molecule has 352 valence electrons. The lowest BCUT2D eigenvalue weighted by Gasteiger charge is -2.20. The molecule has 60 heavy (non-hydrogen) atoms. The van der Waals surface area contributed by atoms with Gasteiger partial charge in [0.05, 0.1) is 19.8 Å². The van der Waals surface area contributed by atoms with Gasteiger partial charge in [-0.3, -0.25) is 18.6 Å². The standard InChI is InChI=1S/C49H92NO9P/c1-3-5-7-9-11-13-15-17-19-20-21-22-23-24-25-26-28-30-32-34-36-38-40-42-56-43-46(44-57-60(54,55)58-45-47(50)49(52)53)59-48(51)41-39-37-35-33-31-29-27-18-16-14-12-10-8-6-4-2/h6,8,12,14,18,27,46-47H,3-5,7,9-11,13,15-17,19-26,28-45,50H2,1-2H3,(H,52,53)(H,54,55)/b8-6-,14-12-,27-18-. The van der Waals surface area contributed by atoms with Crippen molar-refractivity contribution in [1.29, 1.82) is 0 Å². The second-order valence-corrected chi connectivity index (χ2v) is 18.0. The number of allylic oxidation sites excluding steroid dienone is 6. The van der Waals surface area contributed by atoms with E-state index in [1.165, 1.54) is 128 Å². The minimum atomic E-state index is -4.62. The van der Waals surface area contributed by atoms with Gasteiger partial charge in [-0.2, -0.15) is 0 Å². The van der Waals surface area contributed by atoms with Crippen LogP contribution in [0, 0.1) is 0 Å². The summed E-state index contributed by atoms with van der Waals surface area (Å²) in [5.41, 5.74) is 5.37. The lowest BCUT2D eigenvalue weighted by atomic mass is 10.0. The van der Waals surface area contributed by atoms with Crippen LogP contribution >= 0.6 is 7.82 Å². The fourth-order valence-electron chi connectivity index (χ4n) is 6.91. The second kappa shape index (κ2) is 45.2. The van der Waals surface area contributed by atoms with Gasteiger partial charge < -0.3 is 25.2 Å². The van der Waals surface area contributed by atoms with Crippen molar-refractivity contribution in [2.45, 2.75) is 238 Å². The van der Waals surface area contributed by atoms with Gasteiger partial charge in [-0.05, 0) is 44.9 Å². The molecule has 3 atom stereocenters. The van der Waals surface area contributed by atoms with Crippen LogP contribution in [0.1, 0.15) is 226 Å². The van der Waals surface area contributed by atoms with Gasteiger partial charge in [-0.15, -0.1) is 0 Å². The van der Waals surface area contributed by atoms with Crippen molar-refractivity contribution >= 4 is 19.8 Å². The minimum absolute atomic E-state index is 0.0128. The van der Waals surface area contributed by atoms with Gasteiger partial charge in [-0.25, -0.2) is 4.57 Å². The Balaban J connectivity index is 4.10. The Hall–Kier alpha value is -1.81. The average molecular weight is 870 g/mol. The molecule has 11 heteroatoms. The van der Waals surface area contributed by atoms with Crippen LogP contribution in [-0.4, -0.2) is 60.5 Å². The number of hydrogen-bond acceptors (Lipinski definition) is 8. The van der Waals surface area contributed by atoms with Crippen LogP contribution in [0.4, 0.5) is 0 Å². The Labute approximate surface area is 367 Å². The van der Waals surface area contributed by atoms with E-state index < -0.39 is 45.1 Å². The lowest BCUT2D eigenvalue weighted by Crippen LogP contribution is -2.34. The maximum absolute atomic E-state index is 12.6. The van der Waals surface area contributed by atoms with Crippen molar-refractivity contribution in [2.75, 3.05) is 26.4 Å². The Bertz CT molecular complexity index is 1100. The van der Waals surface area contributed by atoms with E-state index in [0.717, 1.165) is 70.6 Å². The highest BCUT2D eigenvalue weighted by Crippen LogP contribution is 2.43. The smallest absolute Gasteiger partial charge is 0.472 e. The number of rotatable bonds is 47. The second-order valence-electron chi connectivity index (χ2n) is 16.6. The Morgan fingerprint density at radius 2 is 0.967 bits per heavy atom. The van der Waals surface area contributed by atoms with E-state index in [2.05, 4.69) is 50.3 Å². The van der Waals surface area contributed by atoms with E-state index in [9.17, 15) is 19.0 Å². The summed E-state index contributed by atoms with van der Waals surface area (Å²) in [4.78, 5) is 33.6. The fourth-order valence-corrected chi connectivity index (χ4v) is 7.69. The van der Waals surface area contributed by atoms with Crippen LogP contribution in [0.3, 0.4) is 0 Å². The van der Waals surface area contributed by atoms with Crippen molar-refractivity contribution in [3.05, 3.63) is 36.5 Å². The summed E-state index contributed by atoms with van der Waals surface area (Å²) in [5.74, 6) is -1.79. The number of phosphoric ester groups is 1. The van der Waals surface area contributed by atoms with Crippen molar-refractivity contribution in [3.8, 4) is 0 Å². The summed E-state index contributed by atoms with van der Waals surface area (Å²) >= 11 is 0. The molecule has 0 aromatic carbocycles. The molecule has 3 unspecified atom stereocenters. The summed E-state index contributed by atoms with van der Waals surface area (Å²) in [6, 6.07) is -1.48. The van der Waals surface area contributed by atoms with E-state index in [0.29, 0.717) is 13.0 Å². The van der Waals surface area contributed by atoms with Crippen LogP contribution in [0.5, 0.6) is 0 Å². The highest BCUT2D eigenvalue weighted by atomic mass is 31.2. The number of nitrogens with two attached hydrogens (primary N) is 1. The molecule has 4 N–H and O–H groups in total. The van der Waals surface area contributed by atoms with Crippen LogP contribution in [0.2, 0.25) is 0 Å². The molecule has 0 radical (unpaired) electrons. The predicted octanol–water partition coefficient (Wildman–Crippen LogP) is 14.0. The maximum Gasteiger partial charge on any atom is 0.472 e. The third-order valence-electron chi connectivity index (χ3n) is 10.7. The van der Waals surface area contributed by atoms with Crippen molar-refractivity contribution in [1.82, 2.24) is 0 Å². The van der Waals surface area contributed by atoms with Crippen LogP contribution in [-0.2, 0) is 32.7 Å². The number of unbranched alkanes of at least 4 members (excludes halogenated alkanes) is 27. The molecule has 0 amide bonds. The zero-order valence-corrected chi connectivity index (χ0v) is 39.5. The number of carboxylic acids is 1. The topological polar surface area (TPSA) is 155 Å². The molecule has 10 nitrogen and oxygen atoms in total. The number of phosphoric acid groups is 1. The molecular weight excluding hydrogens is 778 g/mol. The third-order valence-corrected chi connectivity index (χ3v) is 11.6. The molecule has 0 aliphatic heterocycles. The highest BCUT2D eigenvalue weighted by Gasteiger charge is 2.27. The summed E-state index contributed by atoms with van der Waals surface area (Å²) in [7, 11) is -4.62. The molecule has 0 heterocycles. The Kier molecular flexibility index (Phi) is 43.9. The maximum atomic E-state index is 12.6. The highest BCUT2D eigenvalue weighted by molar-refractivity contribution is 7.47. The number of esters is 1. The lowest BCUT2D eigenvalue weighted by molar-refractivity contribution is -0.154. The molecule has 0 aromatic rings. The van der Waals surface area contributed by atoms with Gasteiger partial charge in [-0.1, -0.05) is 211 Å². The first-order valence-electron chi connectivity index (χ1n) is 24.5. The first-order valence-corrected chi connectivity index (χ1v) is 26.0. The van der Waals surface area contributed by atoms with Crippen molar-refractivity contribution in [2.24, 2.45) is 5.73 Å². The minimum Gasteiger partial charge on any atom is -0.480 e. The van der Waals surface area contributed by atoms with Gasteiger partial charge in [0.2, 0.25) is 0 Å². The van der Waals surface area contributed by atoms with Gasteiger partial charge >= 0.3 is 19.8 Å². The number of ether oxygens (including phenoxy) is 2. The number of carbonyl (C=O) groups excluding carboxylic acids is 1. The first-order chi connectivity index (χ1) is 29.2.